The summed E-state index contributed by atoms with van der Waals surface area (Å²) >= 11 is 5.96. The maximum Gasteiger partial charge on any atom is 0.242 e. The van der Waals surface area contributed by atoms with Crippen LogP contribution in [-0.2, 0) is 10.0 Å². The van der Waals surface area contributed by atoms with Crippen LogP contribution in [0.2, 0.25) is 5.02 Å². The SMILES string of the molecule is CC1(CNS(=O)(=O)c2cc(N)ccc2Cl)CCCCC1. The highest BCUT2D eigenvalue weighted by Crippen LogP contribution is 2.35. The average Bonchev–Trinajstić information content (AvgIpc) is 2.40. The topological polar surface area (TPSA) is 72.2 Å². The first-order valence-corrected chi connectivity index (χ1v) is 8.73. The van der Waals surface area contributed by atoms with Gasteiger partial charge in [-0.1, -0.05) is 37.8 Å². The molecule has 6 heteroatoms. The zero-order chi connectivity index (χ0) is 14.8. The van der Waals surface area contributed by atoms with Crippen LogP contribution in [0.3, 0.4) is 0 Å². The second kappa shape index (κ2) is 5.92. The third kappa shape index (κ3) is 3.65. The molecule has 112 valence electrons. The molecule has 0 heterocycles. The smallest absolute Gasteiger partial charge is 0.242 e. The standard InChI is InChI=1S/C14H21ClN2O2S/c1-14(7-3-2-4-8-14)10-17-20(18,19)13-9-11(16)5-6-12(13)15/h5-6,9,17H,2-4,7-8,10,16H2,1H3. The van der Waals surface area contributed by atoms with E-state index in [2.05, 4.69) is 11.6 Å². The molecule has 2 rings (SSSR count). The molecule has 1 fully saturated rings. The third-order valence-corrected chi connectivity index (χ3v) is 5.88. The molecule has 0 spiro atoms. The molecule has 3 N–H and O–H groups in total. The lowest BCUT2D eigenvalue weighted by Crippen LogP contribution is -2.37. The van der Waals surface area contributed by atoms with E-state index in [1.165, 1.54) is 18.6 Å². The fourth-order valence-corrected chi connectivity index (χ4v) is 4.39. The van der Waals surface area contributed by atoms with Crippen LogP contribution in [0.1, 0.15) is 39.0 Å². The maximum atomic E-state index is 12.3. The summed E-state index contributed by atoms with van der Waals surface area (Å²) in [7, 11) is -3.61. The number of nitrogen functional groups attached to an aromatic ring is 1. The van der Waals surface area contributed by atoms with E-state index >= 15 is 0 Å². The molecule has 0 saturated heterocycles. The number of nitrogens with two attached hydrogens (primary N) is 1. The molecule has 1 aromatic carbocycles. The van der Waals surface area contributed by atoms with E-state index < -0.39 is 10.0 Å². The number of sulfonamides is 1. The van der Waals surface area contributed by atoms with Crippen molar-refractivity contribution in [2.45, 2.75) is 43.9 Å². The first-order valence-electron chi connectivity index (χ1n) is 6.87. The summed E-state index contributed by atoms with van der Waals surface area (Å²) in [4.78, 5) is 0.0542. The van der Waals surface area contributed by atoms with Crippen molar-refractivity contribution in [2.75, 3.05) is 12.3 Å². The Labute approximate surface area is 125 Å². The number of anilines is 1. The van der Waals surface area contributed by atoms with Crippen molar-refractivity contribution in [3.63, 3.8) is 0 Å². The molecule has 1 aliphatic carbocycles. The van der Waals surface area contributed by atoms with Crippen LogP contribution in [0.4, 0.5) is 5.69 Å². The fourth-order valence-electron chi connectivity index (χ4n) is 2.65. The van der Waals surface area contributed by atoms with Crippen LogP contribution >= 0.6 is 11.6 Å². The molecule has 0 amide bonds. The Balaban J connectivity index is 2.13. The zero-order valence-electron chi connectivity index (χ0n) is 11.7. The minimum atomic E-state index is -3.61. The lowest BCUT2D eigenvalue weighted by atomic mass is 9.76. The van der Waals surface area contributed by atoms with Crippen LogP contribution < -0.4 is 10.5 Å². The lowest BCUT2D eigenvalue weighted by molar-refractivity contribution is 0.219. The van der Waals surface area contributed by atoms with Crippen molar-refractivity contribution in [1.82, 2.24) is 4.72 Å². The van der Waals surface area contributed by atoms with Crippen molar-refractivity contribution >= 4 is 27.3 Å². The minimum Gasteiger partial charge on any atom is -0.399 e. The molecule has 4 nitrogen and oxygen atoms in total. The number of benzene rings is 1. The highest BCUT2D eigenvalue weighted by Gasteiger charge is 2.29. The van der Waals surface area contributed by atoms with Gasteiger partial charge in [0.05, 0.1) is 5.02 Å². The summed E-state index contributed by atoms with van der Waals surface area (Å²) in [6.45, 7) is 2.58. The van der Waals surface area contributed by atoms with Gasteiger partial charge in [0.2, 0.25) is 10.0 Å². The predicted octanol–water partition coefficient (Wildman–Crippen LogP) is 3.17. The summed E-state index contributed by atoms with van der Waals surface area (Å²) in [6, 6.07) is 4.49. The number of hydrogen-bond donors (Lipinski definition) is 2. The monoisotopic (exact) mass is 316 g/mol. The molecule has 0 aliphatic heterocycles. The molecule has 0 aromatic heterocycles. The van der Waals surface area contributed by atoms with E-state index in [0.29, 0.717) is 12.2 Å². The van der Waals surface area contributed by atoms with Gasteiger partial charge in [-0.05, 0) is 36.5 Å². The summed E-state index contributed by atoms with van der Waals surface area (Å²) in [5.41, 5.74) is 6.07. The van der Waals surface area contributed by atoms with Gasteiger partial charge in [0.25, 0.3) is 0 Å². The second-order valence-corrected chi connectivity index (χ2v) is 8.03. The summed E-state index contributed by atoms with van der Waals surface area (Å²) < 4.78 is 27.4. The average molecular weight is 317 g/mol. The highest BCUT2D eigenvalue weighted by atomic mass is 35.5. The first-order chi connectivity index (χ1) is 9.32. The Morgan fingerprint density at radius 2 is 1.95 bits per heavy atom. The Hall–Kier alpha value is -0.780. The van der Waals surface area contributed by atoms with Crippen molar-refractivity contribution in [3.8, 4) is 0 Å². The summed E-state index contributed by atoms with van der Waals surface area (Å²) in [6.07, 6.45) is 5.68. The Morgan fingerprint density at radius 3 is 2.60 bits per heavy atom. The summed E-state index contributed by atoms with van der Waals surface area (Å²) in [5, 5.41) is 0.195. The van der Waals surface area contributed by atoms with Crippen LogP contribution in [0, 0.1) is 5.41 Å². The van der Waals surface area contributed by atoms with Crippen molar-refractivity contribution < 1.29 is 8.42 Å². The van der Waals surface area contributed by atoms with Gasteiger partial charge < -0.3 is 5.73 Å². The first kappa shape index (κ1) is 15.6. The molecule has 0 bridgehead atoms. The van der Waals surface area contributed by atoms with E-state index in [1.54, 1.807) is 6.07 Å². The van der Waals surface area contributed by atoms with Gasteiger partial charge in [-0.15, -0.1) is 0 Å². The predicted molar refractivity (Wildman–Crippen MR) is 82.2 cm³/mol. The van der Waals surface area contributed by atoms with E-state index in [1.807, 2.05) is 0 Å². The lowest BCUT2D eigenvalue weighted by Gasteiger charge is -2.33. The molecule has 1 aromatic rings. The Morgan fingerprint density at radius 1 is 1.30 bits per heavy atom. The molecule has 1 aliphatic rings. The quantitative estimate of drug-likeness (QED) is 0.838. The van der Waals surface area contributed by atoms with Gasteiger partial charge >= 0.3 is 0 Å². The van der Waals surface area contributed by atoms with Crippen LogP contribution in [-0.4, -0.2) is 15.0 Å². The molecule has 0 unspecified atom stereocenters. The number of nitrogens with one attached hydrogen (secondary N) is 1. The van der Waals surface area contributed by atoms with Crippen LogP contribution in [0.5, 0.6) is 0 Å². The van der Waals surface area contributed by atoms with E-state index in [9.17, 15) is 8.42 Å². The van der Waals surface area contributed by atoms with Gasteiger partial charge in [-0.3, -0.25) is 0 Å². The molecule has 1 saturated carbocycles. The van der Waals surface area contributed by atoms with Crippen molar-refractivity contribution in [1.29, 1.82) is 0 Å². The van der Waals surface area contributed by atoms with Gasteiger partial charge in [0, 0.05) is 12.2 Å². The molecular weight excluding hydrogens is 296 g/mol. The molecule has 20 heavy (non-hydrogen) atoms. The van der Waals surface area contributed by atoms with Crippen molar-refractivity contribution in [2.24, 2.45) is 5.41 Å². The fraction of sp³-hybridized carbons (Fsp3) is 0.571. The Kier molecular flexibility index (Phi) is 4.62. The molecule has 0 radical (unpaired) electrons. The normalized spacial score (nSPS) is 18.9. The van der Waals surface area contributed by atoms with Crippen molar-refractivity contribution in [3.05, 3.63) is 23.2 Å². The van der Waals surface area contributed by atoms with Crippen LogP contribution in [0.25, 0.3) is 0 Å². The highest BCUT2D eigenvalue weighted by molar-refractivity contribution is 7.89. The van der Waals surface area contributed by atoms with Gasteiger partial charge in [-0.2, -0.15) is 0 Å². The molecular formula is C14H21ClN2O2S. The van der Waals surface area contributed by atoms with Gasteiger partial charge in [0.15, 0.2) is 0 Å². The number of hydrogen-bond acceptors (Lipinski definition) is 3. The largest absolute Gasteiger partial charge is 0.399 e. The second-order valence-electron chi connectivity index (χ2n) is 5.89. The minimum absolute atomic E-state index is 0.0398. The van der Waals surface area contributed by atoms with Crippen LogP contribution in [0.15, 0.2) is 23.1 Å². The number of rotatable bonds is 4. The van der Waals surface area contributed by atoms with Gasteiger partial charge in [0.1, 0.15) is 4.90 Å². The van der Waals surface area contributed by atoms with E-state index in [0.717, 1.165) is 25.7 Å². The Bertz CT molecular complexity index is 581. The van der Waals surface area contributed by atoms with E-state index in [4.69, 9.17) is 17.3 Å². The zero-order valence-corrected chi connectivity index (χ0v) is 13.2. The van der Waals surface area contributed by atoms with Gasteiger partial charge in [-0.25, -0.2) is 13.1 Å². The summed E-state index contributed by atoms with van der Waals surface area (Å²) in [5.74, 6) is 0. The van der Waals surface area contributed by atoms with E-state index in [-0.39, 0.29) is 15.3 Å². The maximum absolute atomic E-state index is 12.3. The number of halogens is 1. The third-order valence-electron chi connectivity index (χ3n) is 3.99. The molecule has 0 atom stereocenters.